The zero-order chi connectivity index (χ0) is 16.5. The molecule has 7 heteroatoms. The van der Waals surface area contributed by atoms with Crippen molar-refractivity contribution in [2.45, 2.75) is 26.0 Å². The highest BCUT2D eigenvalue weighted by atomic mass is 32.1. The Balaban J connectivity index is 1.42. The first-order valence-electron chi connectivity index (χ1n) is 7.95. The van der Waals surface area contributed by atoms with Crippen LogP contribution >= 0.6 is 11.3 Å². The third kappa shape index (κ3) is 2.81. The fourth-order valence-corrected chi connectivity index (χ4v) is 3.98. The number of aromatic nitrogens is 3. The zero-order valence-electron chi connectivity index (χ0n) is 13.4. The van der Waals surface area contributed by atoms with Crippen LogP contribution in [0.15, 0.2) is 29.8 Å². The maximum Gasteiger partial charge on any atom is 0.241 e. The molecule has 3 aromatic heterocycles. The lowest BCUT2D eigenvalue weighted by Crippen LogP contribution is -2.33. The second-order valence-corrected chi connectivity index (χ2v) is 6.83. The number of carbonyl (C=O) groups excluding carboxylic acids is 1. The quantitative estimate of drug-likeness (QED) is 0.789. The molecule has 1 aliphatic heterocycles. The van der Waals surface area contributed by atoms with Crippen molar-refractivity contribution in [3.63, 3.8) is 0 Å². The number of amides is 1. The Labute approximate surface area is 143 Å². The number of pyridine rings is 1. The van der Waals surface area contributed by atoms with Crippen molar-refractivity contribution in [3.8, 4) is 0 Å². The molecule has 0 bridgehead atoms. The molecule has 4 heterocycles. The third-order valence-corrected chi connectivity index (χ3v) is 5.24. The normalized spacial score (nSPS) is 17.0. The van der Waals surface area contributed by atoms with Crippen LogP contribution in [0.4, 0.5) is 0 Å². The van der Waals surface area contributed by atoms with Crippen molar-refractivity contribution < 1.29 is 9.53 Å². The number of nitrogens with zero attached hydrogens (tertiary/aromatic N) is 3. The van der Waals surface area contributed by atoms with Gasteiger partial charge in [-0.3, -0.25) is 4.79 Å². The van der Waals surface area contributed by atoms with Crippen LogP contribution in [0.25, 0.3) is 11.0 Å². The Kier molecular flexibility index (Phi) is 4.03. The van der Waals surface area contributed by atoms with E-state index in [2.05, 4.69) is 26.8 Å². The average molecular weight is 342 g/mol. The lowest BCUT2D eigenvalue weighted by Gasteiger charge is -2.23. The molecule has 1 N–H and O–H groups in total. The molecule has 1 atom stereocenters. The standard InChI is InChI=1S/C17H18N4O2S/c1-11-12-3-2-6-18-17(12)21(20-11)10-16(22)19-9-14-13-5-8-24-15(13)4-7-23-14/h2-3,5-6,8,14H,4,7,9-10H2,1H3,(H,19,22). The van der Waals surface area contributed by atoms with E-state index in [1.165, 1.54) is 10.4 Å². The molecule has 24 heavy (non-hydrogen) atoms. The van der Waals surface area contributed by atoms with Gasteiger partial charge in [-0.1, -0.05) is 0 Å². The minimum atomic E-state index is -0.0870. The summed E-state index contributed by atoms with van der Waals surface area (Å²) in [6.45, 7) is 3.27. The van der Waals surface area contributed by atoms with Crippen molar-refractivity contribution in [2.24, 2.45) is 0 Å². The number of aryl methyl sites for hydroxylation is 1. The van der Waals surface area contributed by atoms with Crippen LogP contribution < -0.4 is 5.32 Å². The largest absolute Gasteiger partial charge is 0.371 e. The Hall–Kier alpha value is -2.25. The van der Waals surface area contributed by atoms with Crippen LogP contribution in [0.5, 0.6) is 0 Å². The molecular formula is C17H18N4O2S. The first kappa shape index (κ1) is 15.3. The molecule has 0 spiro atoms. The number of nitrogens with one attached hydrogen (secondary N) is 1. The van der Waals surface area contributed by atoms with E-state index in [0.717, 1.165) is 23.1 Å². The van der Waals surface area contributed by atoms with E-state index in [0.29, 0.717) is 13.2 Å². The summed E-state index contributed by atoms with van der Waals surface area (Å²) in [6.07, 6.45) is 2.62. The van der Waals surface area contributed by atoms with Gasteiger partial charge in [0, 0.05) is 29.4 Å². The van der Waals surface area contributed by atoms with Gasteiger partial charge >= 0.3 is 0 Å². The highest BCUT2D eigenvalue weighted by Gasteiger charge is 2.22. The second-order valence-electron chi connectivity index (χ2n) is 5.83. The smallest absolute Gasteiger partial charge is 0.241 e. The van der Waals surface area contributed by atoms with Gasteiger partial charge in [0.15, 0.2) is 5.65 Å². The van der Waals surface area contributed by atoms with E-state index in [9.17, 15) is 4.79 Å². The lowest BCUT2D eigenvalue weighted by atomic mass is 10.1. The van der Waals surface area contributed by atoms with Crippen LogP contribution in [-0.2, 0) is 22.5 Å². The van der Waals surface area contributed by atoms with Gasteiger partial charge in [-0.05, 0) is 36.1 Å². The number of thiophene rings is 1. The molecule has 0 saturated carbocycles. The van der Waals surface area contributed by atoms with E-state index in [4.69, 9.17) is 4.74 Å². The number of ether oxygens (including phenoxy) is 1. The van der Waals surface area contributed by atoms with E-state index >= 15 is 0 Å². The maximum atomic E-state index is 12.3. The fourth-order valence-electron chi connectivity index (χ4n) is 3.07. The molecule has 1 aliphatic rings. The lowest BCUT2D eigenvalue weighted by molar-refractivity contribution is -0.122. The zero-order valence-corrected chi connectivity index (χ0v) is 14.2. The summed E-state index contributed by atoms with van der Waals surface area (Å²) in [4.78, 5) is 18.0. The summed E-state index contributed by atoms with van der Waals surface area (Å²) in [6, 6.07) is 5.93. The van der Waals surface area contributed by atoms with Crippen LogP contribution in [0.2, 0.25) is 0 Å². The van der Waals surface area contributed by atoms with Crippen LogP contribution in [0.3, 0.4) is 0 Å². The fraction of sp³-hybridized carbons (Fsp3) is 0.353. The van der Waals surface area contributed by atoms with E-state index < -0.39 is 0 Å². The van der Waals surface area contributed by atoms with Crippen molar-refractivity contribution >= 4 is 28.3 Å². The molecule has 0 saturated heterocycles. The monoisotopic (exact) mass is 342 g/mol. The number of hydrogen-bond acceptors (Lipinski definition) is 5. The maximum absolute atomic E-state index is 12.3. The molecule has 0 aliphatic carbocycles. The van der Waals surface area contributed by atoms with Crippen LogP contribution in [0, 0.1) is 6.92 Å². The van der Waals surface area contributed by atoms with Crippen LogP contribution in [0.1, 0.15) is 22.2 Å². The number of fused-ring (bicyclic) bond motifs is 2. The number of hydrogen-bond donors (Lipinski definition) is 1. The minimum absolute atomic E-state index is 0.0572. The SMILES string of the molecule is Cc1nn(CC(=O)NCC2OCCc3sccc32)c2ncccc12. The highest BCUT2D eigenvalue weighted by molar-refractivity contribution is 7.10. The van der Waals surface area contributed by atoms with Gasteiger partial charge in [-0.25, -0.2) is 9.67 Å². The van der Waals surface area contributed by atoms with Gasteiger partial charge < -0.3 is 10.1 Å². The molecule has 1 amide bonds. The molecule has 0 radical (unpaired) electrons. The summed E-state index contributed by atoms with van der Waals surface area (Å²) in [5.74, 6) is -0.0870. The van der Waals surface area contributed by atoms with E-state index in [-0.39, 0.29) is 18.6 Å². The van der Waals surface area contributed by atoms with Gasteiger partial charge in [0.2, 0.25) is 5.91 Å². The summed E-state index contributed by atoms with van der Waals surface area (Å²) in [7, 11) is 0. The van der Waals surface area contributed by atoms with E-state index in [1.807, 2.05) is 19.1 Å². The topological polar surface area (TPSA) is 69.0 Å². The molecule has 6 nitrogen and oxygen atoms in total. The third-order valence-electron chi connectivity index (χ3n) is 4.24. The van der Waals surface area contributed by atoms with Crippen molar-refractivity contribution in [3.05, 3.63) is 45.9 Å². The number of carbonyl (C=O) groups is 1. The predicted octanol–water partition coefficient (Wildman–Crippen LogP) is 2.23. The molecular weight excluding hydrogens is 324 g/mol. The van der Waals surface area contributed by atoms with Crippen molar-refractivity contribution in [1.29, 1.82) is 0 Å². The minimum Gasteiger partial charge on any atom is -0.371 e. The Morgan fingerprint density at radius 3 is 3.33 bits per heavy atom. The summed E-state index contributed by atoms with van der Waals surface area (Å²) >= 11 is 1.76. The first-order valence-corrected chi connectivity index (χ1v) is 8.83. The molecule has 0 aromatic carbocycles. The van der Waals surface area contributed by atoms with Gasteiger partial charge in [-0.2, -0.15) is 5.10 Å². The Bertz CT molecular complexity index is 886. The molecule has 1 unspecified atom stereocenters. The predicted molar refractivity (Wildman–Crippen MR) is 92.0 cm³/mol. The van der Waals surface area contributed by atoms with Gasteiger partial charge in [0.05, 0.1) is 12.3 Å². The van der Waals surface area contributed by atoms with Crippen molar-refractivity contribution in [1.82, 2.24) is 20.1 Å². The van der Waals surface area contributed by atoms with Crippen LogP contribution in [-0.4, -0.2) is 33.8 Å². The Morgan fingerprint density at radius 2 is 2.42 bits per heavy atom. The van der Waals surface area contributed by atoms with Crippen molar-refractivity contribution in [2.75, 3.05) is 13.2 Å². The van der Waals surface area contributed by atoms with Gasteiger partial charge in [0.1, 0.15) is 12.6 Å². The summed E-state index contributed by atoms with van der Waals surface area (Å²) < 4.78 is 7.45. The van der Waals surface area contributed by atoms with Gasteiger partial charge in [0.25, 0.3) is 0 Å². The number of rotatable bonds is 4. The summed E-state index contributed by atoms with van der Waals surface area (Å²) in [5, 5.41) is 10.4. The second kappa shape index (κ2) is 6.33. The van der Waals surface area contributed by atoms with E-state index in [1.54, 1.807) is 22.2 Å². The highest BCUT2D eigenvalue weighted by Crippen LogP contribution is 2.30. The molecule has 4 rings (SSSR count). The van der Waals surface area contributed by atoms with Gasteiger partial charge in [-0.15, -0.1) is 11.3 Å². The Morgan fingerprint density at radius 1 is 1.50 bits per heavy atom. The summed E-state index contributed by atoms with van der Waals surface area (Å²) in [5.41, 5.74) is 2.82. The first-order chi connectivity index (χ1) is 11.7. The average Bonchev–Trinajstić information content (AvgIpc) is 3.19. The molecule has 3 aromatic rings. The molecule has 0 fully saturated rings. The molecule has 124 valence electrons.